The first-order valence-electron chi connectivity index (χ1n) is 5.34. The smallest absolute Gasteiger partial charge is 0.0134 e. The van der Waals surface area contributed by atoms with Crippen LogP contribution < -0.4 is 0 Å². The van der Waals surface area contributed by atoms with E-state index in [1.165, 1.54) is 24.8 Å². The largest absolute Gasteiger partial charge is 0.0620 e. The van der Waals surface area contributed by atoms with Gasteiger partial charge in [0.2, 0.25) is 0 Å². The summed E-state index contributed by atoms with van der Waals surface area (Å²) in [5.74, 6) is 1.72. The van der Waals surface area contributed by atoms with Gasteiger partial charge >= 0.3 is 0 Å². The molecule has 70 valence electrons. The van der Waals surface area contributed by atoms with Gasteiger partial charge in [0.1, 0.15) is 0 Å². The van der Waals surface area contributed by atoms with Crippen LogP contribution in [0.4, 0.5) is 0 Å². The molecule has 1 aromatic rings. The van der Waals surface area contributed by atoms with Crippen molar-refractivity contribution >= 4 is 0 Å². The molecular weight excluding hydrogens is 156 g/mol. The summed E-state index contributed by atoms with van der Waals surface area (Å²) in [7, 11) is 0. The average molecular weight is 174 g/mol. The Balaban J connectivity index is 2.29. The maximum atomic E-state index is 2.39. The zero-order valence-electron chi connectivity index (χ0n) is 8.59. The molecule has 1 aliphatic carbocycles. The van der Waals surface area contributed by atoms with E-state index in [0.29, 0.717) is 0 Å². The molecule has 0 N–H and O–H groups in total. The SMILES string of the molecule is Cc1ccccc1[C@H]1CCC[C@H]1C. The second kappa shape index (κ2) is 3.53. The first-order chi connectivity index (χ1) is 6.29. The Morgan fingerprint density at radius 2 is 1.92 bits per heavy atom. The highest BCUT2D eigenvalue weighted by atomic mass is 14.3. The summed E-state index contributed by atoms with van der Waals surface area (Å²) >= 11 is 0. The monoisotopic (exact) mass is 174 g/mol. The van der Waals surface area contributed by atoms with Crippen LogP contribution >= 0.6 is 0 Å². The lowest BCUT2D eigenvalue weighted by Crippen LogP contribution is -2.03. The molecule has 13 heavy (non-hydrogen) atoms. The fraction of sp³-hybridized carbons (Fsp3) is 0.538. The van der Waals surface area contributed by atoms with Crippen LogP contribution in [0.1, 0.15) is 43.2 Å². The van der Waals surface area contributed by atoms with Gasteiger partial charge in [0, 0.05) is 0 Å². The molecule has 0 bridgehead atoms. The van der Waals surface area contributed by atoms with Crippen LogP contribution in [-0.4, -0.2) is 0 Å². The van der Waals surface area contributed by atoms with E-state index in [1.807, 2.05) is 0 Å². The van der Waals surface area contributed by atoms with E-state index in [4.69, 9.17) is 0 Å². The fourth-order valence-electron chi connectivity index (χ4n) is 2.61. The number of hydrogen-bond donors (Lipinski definition) is 0. The highest BCUT2D eigenvalue weighted by Gasteiger charge is 2.25. The minimum absolute atomic E-state index is 0.834. The second-order valence-electron chi connectivity index (χ2n) is 4.37. The van der Waals surface area contributed by atoms with Gasteiger partial charge < -0.3 is 0 Å². The van der Waals surface area contributed by atoms with Gasteiger partial charge in [-0.15, -0.1) is 0 Å². The van der Waals surface area contributed by atoms with Crippen LogP contribution in [0.15, 0.2) is 24.3 Å². The first kappa shape index (κ1) is 8.80. The molecule has 0 heterocycles. The van der Waals surface area contributed by atoms with Crippen LogP contribution in [0.25, 0.3) is 0 Å². The van der Waals surface area contributed by atoms with Crippen LogP contribution in [-0.2, 0) is 0 Å². The Hall–Kier alpha value is -0.780. The summed E-state index contributed by atoms with van der Waals surface area (Å²) in [5, 5.41) is 0. The van der Waals surface area contributed by atoms with Crippen molar-refractivity contribution in [3.8, 4) is 0 Å². The molecule has 0 radical (unpaired) electrons. The molecule has 2 rings (SSSR count). The van der Waals surface area contributed by atoms with Gasteiger partial charge in [-0.1, -0.05) is 44.0 Å². The zero-order valence-corrected chi connectivity index (χ0v) is 8.59. The van der Waals surface area contributed by atoms with Crippen molar-refractivity contribution in [1.82, 2.24) is 0 Å². The quantitative estimate of drug-likeness (QED) is 0.605. The molecular formula is C13H18. The molecule has 1 aromatic carbocycles. The average Bonchev–Trinajstić information content (AvgIpc) is 2.52. The predicted molar refractivity (Wildman–Crippen MR) is 56.9 cm³/mol. The van der Waals surface area contributed by atoms with Crippen LogP contribution in [0.5, 0.6) is 0 Å². The maximum Gasteiger partial charge on any atom is -0.0134 e. The van der Waals surface area contributed by atoms with E-state index < -0.39 is 0 Å². The second-order valence-corrected chi connectivity index (χ2v) is 4.37. The van der Waals surface area contributed by atoms with Crippen molar-refractivity contribution in [2.45, 2.75) is 39.0 Å². The van der Waals surface area contributed by atoms with Gasteiger partial charge in [0.15, 0.2) is 0 Å². The van der Waals surface area contributed by atoms with Crippen molar-refractivity contribution in [2.75, 3.05) is 0 Å². The molecule has 0 nitrogen and oxygen atoms in total. The molecule has 0 spiro atoms. The van der Waals surface area contributed by atoms with Crippen molar-refractivity contribution < 1.29 is 0 Å². The van der Waals surface area contributed by atoms with Crippen molar-refractivity contribution in [2.24, 2.45) is 5.92 Å². The number of benzene rings is 1. The molecule has 2 atom stereocenters. The van der Waals surface area contributed by atoms with E-state index in [2.05, 4.69) is 38.1 Å². The number of aryl methyl sites for hydroxylation is 1. The van der Waals surface area contributed by atoms with Gasteiger partial charge in [-0.3, -0.25) is 0 Å². The minimum atomic E-state index is 0.834. The van der Waals surface area contributed by atoms with E-state index in [-0.39, 0.29) is 0 Å². The third-order valence-corrected chi connectivity index (χ3v) is 3.45. The van der Waals surface area contributed by atoms with Crippen molar-refractivity contribution in [1.29, 1.82) is 0 Å². The standard InChI is InChI=1S/C13H18/c1-10-6-3-4-8-12(10)13-9-5-7-11(13)2/h3-4,6,8,11,13H,5,7,9H2,1-2H3/t11-,13+/m1/s1. The normalized spacial score (nSPS) is 27.8. The lowest BCUT2D eigenvalue weighted by atomic mass is 9.88. The summed E-state index contributed by atoms with van der Waals surface area (Å²) in [4.78, 5) is 0. The summed E-state index contributed by atoms with van der Waals surface area (Å²) in [5.41, 5.74) is 3.06. The Kier molecular flexibility index (Phi) is 2.39. The molecule has 0 saturated heterocycles. The molecule has 1 saturated carbocycles. The summed E-state index contributed by atoms with van der Waals surface area (Å²) in [6, 6.07) is 8.86. The van der Waals surface area contributed by atoms with Crippen LogP contribution in [0.2, 0.25) is 0 Å². The maximum absolute atomic E-state index is 2.39. The highest BCUT2D eigenvalue weighted by molar-refractivity contribution is 5.30. The first-order valence-corrected chi connectivity index (χ1v) is 5.34. The molecule has 0 unspecified atom stereocenters. The molecule has 0 heteroatoms. The lowest BCUT2D eigenvalue weighted by Gasteiger charge is -2.17. The summed E-state index contributed by atoms with van der Waals surface area (Å²) in [6.07, 6.45) is 4.23. The minimum Gasteiger partial charge on any atom is -0.0620 e. The highest BCUT2D eigenvalue weighted by Crippen LogP contribution is 2.40. The lowest BCUT2D eigenvalue weighted by molar-refractivity contribution is 0.531. The third-order valence-electron chi connectivity index (χ3n) is 3.45. The van der Waals surface area contributed by atoms with Gasteiger partial charge in [-0.05, 0) is 36.3 Å². The topological polar surface area (TPSA) is 0 Å². The molecule has 0 aromatic heterocycles. The number of hydrogen-bond acceptors (Lipinski definition) is 0. The molecule has 1 fully saturated rings. The summed E-state index contributed by atoms with van der Waals surface area (Å²) in [6.45, 7) is 4.63. The van der Waals surface area contributed by atoms with E-state index in [0.717, 1.165) is 11.8 Å². The zero-order chi connectivity index (χ0) is 9.26. The predicted octanol–water partition coefficient (Wildman–Crippen LogP) is 3.90. The Labute approximate surface area is 81.0 Å². The van der Waals surface area contributed by atoms with Crippen molar-refractivity contribution in [3.05, 3.63) is 35.4 Å². The Bertz CT molecular complexity index is 288. The Morgan fingerprint density at radius 1 is 1.15 bits per heavy atom. The van der Waals surface area contributed by atoms with Gasteiger partial charge in [-0.2, -0.15) is 0 Å². The van der Waals surface area contributed by atoms with Gasteiger partial charge in [0.05, 0.1) is 0 Å². The summed E-state index contributed by atoms with van der Waals surface area (Å²) < 4.78 is 0. The van der Waals surface area contributed by atoms with Crippen molar-refractivity contribution in [3.63, 3.8) is 0 Å². The van der Waals surface area contributed by atoms with E-state index in [1.54, 1.807) is 5.56 Å². The van der Waals surface area contributed by atoms with Gasteiger partial charge in [0.25, 0.3) is 0 Å². The number of rotatable bonds is 1. The van der Waals surface area contributed by atoms with E-state index >= 15 is 0 Å². The van der Waals surface area contributed by atoms with Crippen LogP contribution in [0.3, 0.4) is 0 Å². The van der Waals surface area contributed by atoms with Crippen LogP contribution in [0, 0.1) is 12.8 Å². The molecule has 0 aliphatic heterocycles. The Morgan fingerprint density at radius 3 is 2.54 bits per heavy atom. The van der Waals surface area contributed by atoms with Gasteiger partial charge in [-0.25, -0.2) is 0 Å². The molecule has 0 amide bonds. The fourth-order valence-corrected chi connectivity index (χ4v) is 2.61. The molecule has 1 aliphatic rings. The van der Waals surface area contributed by atoms with E-state index in [9.17, 15) is 0 Å². The third kappa shape index (κ3) is 1.63.